The van der Waals surface area contributed by atoms with Crippen molar-refractivity contribution in [2.24, 2.45) is 0 Å². The molecule has 0 fully saturated rings. The molecule has 1 heterocycles. The number of Topliss-reactive ketones (excluding diaryl/α,β-unsaturated/α-hetero) is 1. The number of rotatable bonds is 6. The van der Waals surface area contributed by atoms with Gasteiger partial charge in [-0.15, -0.1) is 0 Å². The fraction of sp³-hybridized carbons (Fsp3) is 0.200. The molecular weight excluding hydrogens is 330 g/mol. The van der Waals surface area contributed by atoms with Crippen LogP contribution in [0.2, 0.25) is 0 Å². The van der Waals surface area contributed by atoms with Gasteiger partial charge in [0.1, 0.15) is 6.54 Å². The van der Waals surface area contributed by atoms with Crippen molar-refractivity contribution in [3.63, 3.8) is 0 Å². The maximum atomic E-state index is 12.5. The predicted molar refractivity (Wildman–Crippen MR) is 98.8 cm³/mol. The third-order valence-corrected chi connectivity index (χ3v) is 4.16. The zero-order valence-corrected chi connectivity index (χ0v) is 14.4. The Labute approximate surface area is 150 Å². The summed E-state index contributed by atoms with van der Waals surface area (Å²) in [6, 6.07) is 16.0. The molecule has 1 N–H and O–H groups in total. The minimum absolute atomic E-state index is 0.130. The highest BCUT2D eigenvalue weighted by atomic mass is 16.2. The average Bonchev–Trinajstić information content (AvgIpc) is 2.64. The number of carbonyl (C=O) groups is 2. The monoisotopic (exact) mass is 349 g/mol. The highest BCUT2D eigenvalue weighted by Crippen LogP contribution is 2.08. The first-order valence-corrected chi connectivity index (χ1v) is 8.33. The molecule has 0 aliphatic rings. The van der Waals surface area contributed by atoms with Gasteiger partial charge in [-0.25, -0.2) is 4.98 Å². The van der Waals surface area contributed by atoms with Crippen LogP contribution in [0, 0.1) is 0 Å². The molecule has 6 nitrogen and oxygen atoms in total. The molecule has 0 saturated heterocycles. The van der Waals surface area contributed by atoms with Crippen molar-refractivity contribution >= 4 is 22.7 Å². The Morgan fingerprint density at radius 3 is 2.50 bits per heavy atom. The third kappa shape index (κ3) is 4.03. The van der Waals surface area contributed by atoms with E-state index in [-0.39, 0.29) is 23.8 Å². The first kappa shape index (κ1) is 17.5. The molecule has 0 bridgehead atoms. The lowest BCUT2D eigenvalue weighted by Crippen LogP contribution is -2.43. The van der Waals surface area contributed by atoms with Gasteiger partial charge in [0.25, 0.3) is 5.56 Å². The third-order valence-electron chi connectivity index (χ3n) is 4.16. The smallest absolute Gasteiger partial charge is 0.269 e. The van der Waals surface area contributed by atoms with E-state index in [1.165, 1.54) is 17.7 Å². The SMILES string of the molecule is CC(=O)[C@H](Cc1ccccc1)NC(=O)Cn1c(=O)cnc2ccccc21. The Morgan fingerprint density at radius 1 is 1.08 bits per heavy atom. The van der Waals surface area contributed by atoms with Crippen molar-refractivity contribution in [3.05, 3.63) is 76.7 Å². The van der Waals surface area contributed by atoms with Crippen molar-refractivity contribution in [1.29, 1.82) is 0 Å². The van der Waals surface area contributed by atoms with E-state index in [1.807, 2.05) is 36.4 Å². The summed E-state index contributed by atoms with van der Waals surface area (Å²) >= 11 is 0. The second kappa shape index (κ2) is 7.74. The molecule has 0 radical (unpaired) electrons. The molecule has 0 spiro atoms. The van der Waals surface area contributed by atoms with E-state index >= 15 is 0 Å². The highest BCUT2D eigenvalue weighted by molar-refractivity contribution is 5.88. The average molecular weight is 349 g/mol. The first-order chi connectivity index (χ1) is 12.5. The standard InChI is InChI=1S/C20H19N3O3/c1-14(24)17(11-15-7-3-2-4-8-15)22-19(25)13-23-18-10-6-5-9-16(18)21-12-20(23)26/h2-10,12,17H,11,13H2,1H3,(H,22,25)/t17-/m0/s1. The van der Waals surface area contributed by atoms with Gasteiger partial charge in [-0.05, 0) is 31.0 Å². The maximum Gasteiger partial charge on any atom is 0.269 e. The summed E-state index contributed by atoms with van der Waals surface area (Å²) < 4.78 is 1.36. The Balaban J connectivity index is 1.78. The lowest BCUT2D eigenvalue weighted by Gasteiger charge is -2.17. The van der Waals surface area contributed by atoms with E-state index in [4.69, 9.17) is 0 Å². The second-order valence-electron chi connectivity index (χ2n) is 6.09. The van der Waals surface area contributed by atoms with Crippen LogP contribution in [0.1, 0.15) is 12.5 Å². The number of carbonyl (C=O) groups excluding carboxylic acids is 2. The number of hydrogen-bond acceptors (Lipinski definition) is 4. The molecule has 1 atom stereocenters. The van der Waals surface area contributed by atoms with E-state index in [9.17, 15) is 14.4 Å². The number of amides is 1. The Morgan fingerprint density at radius 2 is 1.77 bits per heavy atom. The van der Waals surface area contributed by atoms with E-state index in [2.05, 4.69) is 10.3 Å². The molecule has 26 heavy (non-hydrogen) atoms. The quantitative estimate of drug-likeness (QED) is 0.735. The second-order valence-corrected chi connectivity index (χ2v) is 6.09. The molecular formula is C20H19N3O3. The normalized spacial score (nSPS) is 11.9. The summed E-state index contributed by atoms with van der Waals surface area (Å²) in [4.78, 5) is 40.6. The first-order valence-electron chi connectivity index (χ1n) is 8.33. The van der Waals surface area contributed by atoms with Crippen LogP contribution in [0.25, 0.3) is 11.0 Å². The van der Waals surface area contributed by atoms with Gasteiger partial charge in [0, 0.05) is 0 Å². The summed E-state index contributed by atoms with van der Waals surface area (Å²) in [6.45, 7) is 1.28. The molecule has 6 heteroatoms. The molecule has 3 rings (SSSR count). The van der Waals surface area contributed by atoms with Crippen molar-refractivity contribution < 1.29 is 9.59 Å². The number of nitrogens with one attached hydrogen (secondary N) is 1. The molecule has 0 unspecified atom stereocenters. The van der Waals surface area contributed by atoms with Crippen LogP contribution in [0.4, 0.5) is 0 Å². The molecule has 0 aliphatic carbocycles. The van der Waals surface area contributed by atoms with Gasteiger partial charge in [0.05, 0.1) is 23.3 Å². The molecule has 1 aromatic heterocycles. The van der Waals surface area contributed by atoms with Crippen LogP contribution in [-0.2, 0) is 22.6 Å². The summed E-state index contributed by atoms with van der Waals surface area (Å²) in [5, 5.41) is 2.74. The van der Waals surface area contributed by atoms with Gasteiger partial charge in [0.15, 0.2) is 5.78 Å². The molecule has 1 amide bonds. The van der Waals surface area contributed by atoms with Gasteiger partial charge in [-0.3, -0.25) is 19.0 Å². The molecule has 0 aliphatic heterocycles. The molecule has 132 valence electrons. The zero-order chi connectivity index (χ0) is 18.5. The number of benzene rings is 2. The van der Waals surface area contributed by atoms with E-state index in [0.29, 0.717) is 17.5 Å². The topological polar surface area (TPSA) is 81.1 Å². The molecule has 2 aromatic carbocycles. The maximum absolute atomic E-state index is 12.5. The Bertz CT molecular complexity index is 996. The van der Waals surface area contributed by atoms with Crippen LogP contribution >= 0.6 is 0 Å². The zero-order valence-electron chi connectivity index (χ0n) is 14.4. The lowest BCUT2D eigenvalue weighted by atomic mass is 10.0. The van der Waals surface area contributed by atoms with E-state index < -0.39 is 6.04 Å². The highest BCUT2D eigenvalue weighted by Gasteiger charge is 2.18. The predicted octanol–water partition coefficient (Wildman–Crippen LogP) is 1.71. The lowest BCUT2D eigenvalue weighted by molar-refractivity contribution is -0.127. The van der Waals surface area contributed by atoms with Crippen molar-refractivity contribution in [2.75, 3.05) is 0 Å². The summed E-state index contributed by atoms with van der Waals surface area (Å²) in [5.74, 6) is -0.520. The number of fused-ring (bicyclic) bond motifs is 1. The number of ketones is 1. The molecule has 0 saturated carbocycles. The Kier molecular flexibility index (Phi) is 5.22. The van der Waals surface area contributed by atoms with E-state index in [0.717, 1.165) is 5.56 Å². The van der Waals surface area contributed by atoms with Crippen molar-refractivity contribution in [1.82, 2.24) is 14.9 Å². The fourth-order valence-corrected chi connectivity index (χ4v) is 2.81. The number of hydrogen-bond donors (Lipinski definition) is 1. The van der Waals surface area contributed by atoms with Crippen molar-refractivity contribution in [3.8, 4) is 0 Å². The molecule has 3 aromatic rings. The van der Waals surface area contributed by atoms with Gasteiger partial charge in [0.2, 0.25) is 5.91 Å². The number of aromatic nitrogens is 2. The minimum Gasteiger partial charge on any atom is -0.344 e. The fourth-order valence-electron chi connectivity index (χ4n) is 2.81. The van der Waals surface area contributed by atoms with Gasteiger partial charge >= 0.3 is 0 Å². The van der Waals surface area contributed by atoms with Gasteiger partial charge in [-0.1, -0.05) is 42.5 Å². The Hall–Kier alpha value is -3.28. The van der Waals surface area contributed by atoms with Crippen LogP contribution in [0.3, 0.4) is 0 Å². The van der Waals surface area contributed by atoms with Crippen molar-refractivity contribution in [2.45, 2.75) is 25.9 Å². The summed E-state index contributed by atoms with van der Waals surface area (Å²) in [7, 11) is 0. The van der Waals surface area contributed by atoms with Gasteiger partial charge < -0.3 is 5.32 Å². The largest absolute Gasteiger partial charge is 0.344 e. The van der Waals surface area contributed by atoms with Crippen LogP contribution in [-0.4, -0.2) is 27.3 Å². The van der Waals surface area contributed by atoms with Crippen LogP contribution in [0.5, 0.6) is 0 Å². The minimum atomic E-state index is -0.631. The summed E-state index contributed by atoms with van der Waals surface area (Å²) in [5.41, 5.74) is 1.81. The van der Waals surface area contributed by atoms with E-state index in [1.54, 1.807) is 18.2 Å². The number of nitrogens with zero attached hydrogens (tertiary/aromatic N) is 2. The van der Waals surface area contributed by atoms with Crippen LogP contribution in [0.15, 0.2) is 65.6 Å². The summed E-state index contributed by atoms with van der Waals surface area (Å²) in [6.07, 6.45) is 1.61. The van der Waals surface area contributed by atoms with Crippen LogP contribution < -0.4 is 10.9 Å². The number of para-hydroxylation sites is 2. The van der Waals surface area contributed by atoms with Gasteiger partial charge in [-0.2, -0.15) is 0 Å².